The van der Waals surface area contributed by atoms with Gasteiger partial charge in [-0.2, -0.15) is 4.31 Å². The number of hydrogen-bond donors (Lipinski definition) is 0. The number of aryl methyl sites for hydroxylation is 3. The molecular weight excluding hydrogens is 550 g/mol. The van der Waals surface area contributed by atoms with Gasteiger partial charge in [-0.25, -0.2) is 8.42 Å². The molecule has 3 heterocycles. The summed E-state index contributed by atoms with van der Waals surface area (Å²) in [5, 5.41) is 0. The lowest BCUT2D eigenvalue weighted by Crippen LogP contribution is -2.78. The first kappa shape index (κ1) is 28.7. The first-order valence-electron chi connectivity index (χ1n) is 14.5. The summed E-state index contributed by atoms with van der Waals surface area (Å²) in [4.78, 5) is 17.4. The Labute approximate surface area is 248 Å². The highest BCUT2D eigenvalue weighted by Gasteiger charge is 2.58. The molecular formula is C33H39N3O5S. The largest absolute Gasteiger partial charge is 0.486 e. The van der Waals surface area contributed by atoms with E-state index in [0.29, 0.717) is 36.5 Å². The van der Waals surface area contributed by atoms with Gasteiger partial charge in [0.15, 0.2) is 0 Å². The molecule has 8 nitrogen and oxygen atoms in total. The summed E-state index contributed by atoms with van der Waals surface area (Å²) in [6.45, 7) is 8.82. The molecule has 3 aromatic rings. The van der Waals surface area contributed by atoms with Crippen LogP contribution in [0.15, 0.2) is 66.7 Å². The van der Waals surface area contributed by atoms with Gasteiger partial charge in [0.1, 0.15) is 18.0 Å². The van der Waals surface area contributed by atoms with Gasteiger partial charge in [-0.15, -0.1) is 0 Å². The Bertz CT molecular complexity index is 1600. The molecule has 6 rings (SSSR count). The van der Waals surface area contributed by atoms with Crippen LogP contribution in [-0.4, -0.2) is 81.1 Å². The average Bonchev–Trinajstić information content (AvgIpc) is 3.31. The number of amides is 1. The second kappa shape index (κ2) is 11.0. The summed E-state index contributed by atoms with van der Waals surface area (Å²) in [5.41, 5.74) is 5.41. The Morgan fingerprint density at radius 1 is 0.929 bits per heavy atom. The van der Waals surface area contributed by atoms with Gasteiger partial charge in [-0.05, 0) is 68.1 Å². The van der Waals surface area contributed by atoms with Crippen LogP contribution in [0, 0.1) is 20.8 Å². The number of ether oxygens (including phenoxy) is 2. The Morgan fingerprint density at radius 3 is 2.40 bits per heavy atom. The summed E-state index contributed by atoms with van der Waals surface area (Å²) in [6.07, 6.45) is 0.231. The normalized spacial score (nSPS) is 21.7. The van der Waals surface area contributed by atoms with Gasteiger partial charge in [0, 0.05) is 38.0 Å². The molecule has 0 unspecified atom stereocenters. The molecule has 3 fully saturated rings. The second-order valence-corrected chi connectivity index (χ2v) is 13.9. The van der Waals surface area contributed by atoms with E-state index in [9.17, 15) is 13.2 Å². The van der Waals surface area contributed by atoms with Crippen LogP contribution in [0.4, 0.5) is 5.69 Å². The molecule has 0 bridgehead atoms. The lowest BCUT2D eigenvalue weighted by atomic mass is 9.79. The number of hydrogen-bond acceptors (Lipinski definition) is 6. The molecule has 9 heteroatoms. The molecule has 3 aliphatic heterocycles. The van der Waals surface area contributed by atoms with Gasteiger partial charge in [0.2, 0.25) is 10.0 Å². The first-order valence-corrected chi connectivity index (χ1v) is 16.2. The Hall–Kier alpha value is -3.40. The first-order chi connectivity index (χ1) is 20.1. The molecule has 42 heavy (non-hydrogen) atoms. The van der Waals surface area contributed by atoms with Gasteiger partial charge in [0.05, 0.1) is 24.4 Å². The molecule has 0 aliphatic carbocycles. The molecule has 0 N–H and O–H groups in total. The van der Waals surface area contributed by atoms with Gasteiger partial charge in [-0.3, -0.25) is 4.79 Å². The Kier molecular flexibility index (Phi) is 7.53. The molecule has 3 aromatic carbocycles. The van der Waals surface area contributed by atoms with Gasteiger partial charge in [0.25, 0.3) is 5.91 Å². The van der Waals surface area contributed by atoms with Crippen LogP contribution < -0.4 is 9.64 Å². The van der Waals surface area contributed by atoms with Crippen LogP contribution >= 0.6 is 0 Å². The third-order valence-electron chi connectivity index (χ3n) is 9.04. The van der Waals surface area contributed by atoms with Crippen molar-refractivity contribution >= 4 is 21.6 Å². The van der Waals surface area contributed by atoms with Crippen LogP contribution in [0.3, 0.4) is 0 Å². The predicted molar refractivity (Wildman–Crippen MR) is 164 cm³/mol. The molecule has 3 aliphatic rings. The highest BCUT2D eigenvalue weighted by atomic mass is 32.2. The van der Waals surface area contributed by atoms with Gasteiger partial charge in [-0.1, -0.05) is 48.0 Å². The van der Waals surface area contributed by atoms with Crippen molar-refractivity contribution in [3.63, 3.8) is 0 Å². The van der Waals surface area contributed by atoms with E-state index in [1.807, 2.05) is 62.4 Å². The lowest BCUT2D eigenvalue weighted by molar-refractivity contribution is 0.0339. The van der Waals surface area contributed by atoms with E-state index in [1.54, 1.807) is 22.4 Å². The Morgan fingerprint density at radius 2 is 1.69 bits per heavy atom. The van der Waals surface area contributed by atoms with Crippen molar-refractivity contribution in [2.45, 2.75) is 50.7 Å². The fourth-order valence-corrected chi connectivity index (χ4v) is 8.50. The summed E-state index contributed by atoms with van der Waals surface area (Å²) in [5.74, 6) is 0.458. The topological polar surface area (TPSA) is 79.4 Å². The van der Waals surface area contributed by atoms with Crippen molar-refractivity contribution in [3.05, 3.63) is 94.5 Å². The molecule has 1 amide bonds. The van der Waals surface area contributed by atoms with Gasteiger partial charge >= 0.3 is 0 Å². The maximum Gasteiger partial charge on any atom is 0.254 e. The van der Waals surface area contributed by atoms with Crippen molar-refractivity contribution in [1.82, 2.24) is 9.21 Å². The third kappa shape index (κ3) is 5.29. The van der Waals surface area contributed by atoms with Crippen LogP contribution in [0.25, 0.3) is 0 Å². The number of rotatable bonds is 8. The van der Waals surface area contributed by atoms with Crippen molar-refractivity contribution in [2.24, 2.45) is 0 Å². The molecule has 1 spiro atoms. The van der Waals surface area contributed by atoms with E-state index in [4.69, 9.17) is 9.47 Å². The molecule has 3 saturated heterocycles. The van der Waals surface area contributed by atoms with Crippen LogP contribution in [-0.2, 0) is 20.5 Å². The summed E-state index contributed by atoms with van der Waals surface area (Å²) in [6, 6.07) is 21.4. The fraction of sp³-hybridized carbons (Fsp3) is 0.424. The monoisotopic (exact) mass is 589 g/mol. The number of likely N-dealkylation sites (tertiary alicyclic amines) is 1. The average molecular weight is 590 g/mol. The molecule has 0 radical (unpaired) electrons. The van der Waals surface area contributed by atoms with Crippen molar-refractivity contribution in [2.75, 3.05) is 44.7 Å². The highest BCUT2D eigenvalue weighted by molar-refractivity contribution is 7.88. The number of carbonyl (C=O) groups excluding carboxylic acids is 1. The quantitative estimate of drug-likeness (QED) is 0.390. The third-order valence-corrected chi connectivity index (χ3v) is 11.0. The maximum absolute atomic E-state index is 13.6. The Balaban J connectivity index is 1.11. The zero-order chi connectivity index (χ0) is 29.6. The number of para-hydroxylation sites is 1. The number of methoxy groups -OCH3 is 1. The minimum Gasteiger partial charge on any atom is -0.486 e. The van der Waals surface area contributed by atoms with Crippen LogP contribution in [0.5, 0.6) is 5.75 Å². The number of anilines is 1. The smallest absolute Gasteiger partial charge is 0.254 e. The second-order valence-electron chi connectivity index (χ2n) is 12.1. The minimum atomic E-state index is -3.51. The number of carbonyl (C=O) groups is 1. The zero-order valence-corrected chi connectivity index (χ0v) is 25.6. The van der Waals surface area contributed by atoms with E-state index < -0.39 is 10.0 Å². The highest BCUT2D eigenvalue weighted by Crippen LogP contribution is 2.44. The minimum absolute atomic E-state index is 0.0374. The number of sulfonamides is 1. The van der Waals surface area contributed by atoms with E-state index in [0.717, 1.165) is 30.6 Å². The summed E-state index contributed by atoms with van der Waals surface area (Å²) < 4.78 is 40.8. The summed E-state index contributed by atoms with van der Waals surface area (Å²) >= 11 is 0. The van der Waals surface area contributed by atoms with Crippen molar-refractivity contribution < 1.29 is 22.7 Å². The van der Waals surface area contributed by atoms with E-state index >= 15 is 0 Å². The van der Waals surface area contributed by atoms with Crippen molar-refractivity contribution in [1.29, 1.82) is 0 Å². The summed E-state index contributed by atoms with van der Waals surface area (Å²) in [7, 11) is -1.88. The fourth-order valence-electron chi connectivity index (χ4n) is 6.58. The zero-order valence-electron chi connectivity index (χ0n) is 24.7. The molecule has 222 valence electrons. The molecule has 0 aromatic heterocycles. The number of benzene rings is 3. The van der Waals surface area contributed by atoms with Gasteiger partial charge < -0.3 is 19.3 Å². The van der Waals surface area contributed by atoms with Crippen molar-refractivity contribution in [3.8, 4) is 5.75 Å². The predicted octanol–water partition coefficient (Wildman–Crippen LogP) is 4.32. The molecule has 2 atom stereocenters. The van der Waals surface area contributed by atoms with E-state index in [-0.39, 0.29) is 29.4 Å². The van der Waals surface area contributed by atoms with Crippen LogP contribution in [0.2, 0.25) is 0 Å². The standard InChI is InChI=1S/C33H39N3O5S/c1-23-12-13-24(2)28(16-23)32(37)34-18-30(40-4)31(19-34)41-27-10-7-9-26(17-27)20-42(38,39)36-15-14-33(36)21-35(22-33)29-11-6-5-8-25(29)3/h5-13,16-17,30-31H,14-15,18-22H2,1-4H3/t30-,31-/m1/s1. The lowest BCUT2D eigenvalue weighted by Gasteiger charge is -2.62. The van der Waals surface area contributed by atoms with E-state index in [1.165, 1.54) is 11.3 Å². The van der Waals surface area contributed by atoms with Crippen LogP contribution in [0.1, 0.15) is 39.0 Å². The number of nitrogens with zero attached hydrogens (tertiary/aromatic N) is 3. The molecule has 0 saturated carbocycles. The van der Waals surface area contributed by atoms with E-state index in [2.05, 4.69) is 24.0 Å². The SMILES string of the molecule is CO[C@@H]1CN(C(=O)c2cc(C)ccc2C)C[C@H]1Oc1cccc(CS(=O)(=O)N2CCC23CN(c2ccccc2C)C3)c1. The maximum atomic E-state index is 13.6.